The molecule has 0 aromatic heterocycles. The van der Waals surface area contributed by atoms with Gasteiger partial charge in [-0.05, 0) is 30.5 Å². The van der Waals surface area contributed by atoms with E-state index in [4.69, 9.17) is 5.73 Å². The van der Waals surface area contributed by atoms with E-state index in [0.717, 1.165) is 31.7 Å². The van der Waals surface area contributed by atoms with Crippen LogP contribution in [0.2, 0.25) is 0 Å². The number of nitrogens with zero attached hydrogens (tertiary/aromatic N) is 1. The molecule has 0 atom stereocenters. The summed E-state index contributed by atoms with van der Waals surface area (Å²) in [4.78, 5) is 1.89. The van der Waals surface area contributed by atoms with E-state index in [0.29, 0.717) is 12.2 Å². The van der Waals surface area contributed by atoms with Crippen molar-refractivity contribution in [3.63, 3.8) is 0 Å². The predicted molar refractivity (Wildman–Crippen MR) is 76.0 cm³/mol. The van der Waals surface area contributed by atoms with E-state index in [2.05, 4.69) is 0 Å². The van der Waals surface area contributed by atoms with Gasteiger partial charge in [0.1, 0.15) is 0 Å². The molecule has 0 bridgehead atoms. The van der Waals surface area contributed by atoms with Crippen molar-refractivity contribution < 1.29 is 18.3 Å². The van der Waals surface area contributed by atoms with Gasteiger partial charge in [0.15, 0.2) is 0 Å². The van der Waals surface area contributed by atoms with Crippen LogP contribution in [0.3, 0.4) is 0 Å². The fraction of sp³-hybridized carbons (Fsp3) is 0.600. The highest BCUT2D eigenvalue weighted by Crippen LogP contribution is 2.36. The second-order valence-corrected chi connectivity index (χ2v) is 5.40. The van der Waals surface area contributed by atoms with Gasteiger partial charge in [0.2, 0.25) is 0 Å². The third-order valence-corrected chi connectivity index (χ3v) is 4.06. The standard InChI is InChI=1S/C15H21F3N2O/c16-15(17,18)14-9-13(6-5-11(14)10-19)20(7-8-21)12-3-1-2-4-12/h5-6,9,12,21H,1-4,7-8,10,19H2. The number of nitrogens with two attached hydrogens (primary N) is 1. The first kappa shape index (κ1) is 16.1. The molecule has 0 amide bonds. The largest absolute Gasteiger partial charge is 0.416 e. The summed E-state index contributed by atoms with van der Waals surface area (Å²) in [5.74, 6) is 0. The lowest BCUT2D eigenvalue weighted by Crippen LogP contribution is -2.36. The van der Waals surface area contributed by atoms with Crippen molar-refractivity contribution in [1.82, 2.24) is 0 Å². The van der Waals surface area contributed by atoms with Crippen LogP contribution in [0.15, 0.2) is 18.2 Å². The van der Waals surface area contributed by atoms with Gasteiger partial charge in [0.05, 0.1) is 12.2 Å². The lowest BCUT2D eigenvalue weighted by molar-refractivity contribution is -0.138. The van der Waals surface area contributed by atoms with Gasteiger partial charge in [-0.25, -0.2) is 0 Å². The van der Waals surface area contributed by atoms with Crippen LogP contribution < -0.4 is 10.6 Å². The average Bonchev–Trinajstić information content (AvgIpc) is 2.97. The first-order valence-electron chi connectivity index (χ1n) is 7.25. The van der Waals surface area contributed by atoms with Crippen LogP contribution in [0.5, 0.6) is 0 Å². The van der Waals surface area contributed by atoms with Gasteiger partial charge in [-0.15, -0.1) is 0 Å². The summed E-state index contributed by atoms with van der Waals surface area (Å²) >= 11 is 0. The average molecular weight is 302 g/mol. The molecule has 1 saturated carbocycles. The maximum Gasteiger partial charge on any atom is 0.416 e. The third-order valence-electron chi connectivity index (χ3n) is 4.06. The van der Waals surface area contributed by atoms with Crippen LogP contribution in [0, 0.1) is 0 Å². The van der Waals surface area contributed by atoms with Gasteiger partial charge in [0.25, 0.3) is 0 Å². The second-order valence-electron chi connectivity index (χ2n) is 5.40. The monoisotopic (exact) mass is 302 g/mol. The first-order valence-corrected chi connectivity index (χ1v) is 7.25. The molecule has 0 unspecified atom stereocenters. The van der Waals surface area contributed by atoms with Crippen LogP contribution in [0.4, 0.5) is 18.9 Å². The molecule has 1 aliphatic rings. The van der Waals surface area contributed by atoms with Crippen molar-refractivity contribution in [2.45, 2.75) is 44.4 Å². The molecule has 3 nitrogen and oxygen atoms in total. The second kappa shape index (κ2) is 6.66. The zero-order chi connectivity index (χ0) is 15.5. The molecule has 1 fully saturated rings. The van der Waals surface area contributed by atoms with Crippen molar-refractivity contribution in [3.8, 4) is 0 Å². The van der Waals surface area contributed by atoms with Crippen molar-refractivity contribution in [1.29, 1.82) is 0 Å². The summed E-state index contributed by atoms with van der Waals surface area (Å²) in [6.45, 7) is 0.138. The van der Waals surface area contributed by atoms with Gasteiger partial charge in [-0.3, -0.25) is 0 Å². The Balaban J connectivity index is 2.36. The molecule has 0 radical (unpaired) electrons. The molecule has 0 spiro atoms. The van der Waals surface area contributed by atoms with E-state index in [-0.39, 0.29) is 24.8 Å². The van der Waals surface area contributed by atoms with Gasteiger partial charge >= 0.3 is 6.18 Å². The summed E-state index contributed by atoms with van der Waals surface area (Å²) < 4.78 is 39.4. The Labute approximate surface area is 122 Å². The van der Waals surface area contributed by atoms with E-state index in [1.807, 2.05) is 4.90 Å². The van der Waals surface area contributed by atoms with Crippen LogP contribution in [0.25, 0.3) is 0 Å². The fourth-order valence-electron chi connectivity index (χ4n) is 3.03. The molecule has 0 heterocycles. The van der Waals surface area contributed by atoms with E-state index < -0.39 is 11.7 Å². The number of halogens is 3. The van der Waals surface area contributed by atoms with Crippen molar-refractivity contribution in [2.75, 3.05) is 18.1 Å². The van der Waals surface area contributed by atoms with Gasteiger partial charge in [-0.2, -0.15) is 13.2 Å². The smallest absolute Gasteiger partial charge is 0.395 e. The zero-order valence-corrected chi connectivity index (χ0v) is 11.9. The predicted octanol–water partition coefficient (Wildman–Crippen LogP) is 2.91. The number of alkyl halides is 3. The number of anilines is 1. The Morgan fingerprint density at radius 2 is 1.90 bits per heavy atom. The van der Waals surface area contributed by atoms with Crippen LogP contribution in [0.1, 0.15) is 36.8 Å². The highest BCUT2D eigenvalue weighted by Gasteiger charge is 2.34. The highest BCUT2D eigenvalue weighted by atomic mass is 19.4. The summed E-state index contributed by atoms with van der Waals surface area (Å²) in [6.07, 6.45) is -0.329. The van der Waals surface area contributed by atoms with Crippen LogP contribution in [-0.4, -0.2) is 24.3 Å². The number of aliphatic hydroxyl groups excluding tert-OH is 1. The Morgan fingerprint density at radius 3 is 2.43 bits per heavy atom. The molecule has 3 N–H and O–H groups in total. The number of benzene rings is 1. The Morgan fingerprint density at radius 1 is 1.24 bits per heavy atom. The van der Waals surface area contributed by atoms with Crippen LogP contribution >= 0.6 is 0 Å². The molecular formula is C15H21F3N2O. The Bertz CT molecular complexity index is 470. The van der Waals surface area contributed by atoms with E-state index in [9.17, 15) is 18.3 Å². The van der Waals surface area contributed by atoms with Crippen molar-refractivity contribution in [3.05, 3.63) is 29.3 Å². The lowest BCUT2D eigenvalue weighted by Gasteiger charge is -2.31. The Hall–Kier alpha value is -1.27. The maximum absolute atomic E-state index is 13.1. The molecule has 2 rings (SSSR count). The molecule has 1 aliphatic carbocycles. The number of rotatable bonds is 5. The number of hydrogen-bond acceptors (Lipinski definition) is 3. The molecule has 0 aliphatic heterocycles. The van der Waals surface area contributed by atoms with Gasteiger partial charge < -0.3 is 15.7 Å². The molecule has 1 aromatic rings. The summed E-state index contributed by atoms with van der Waals surface area (Å²) in [5.41, 5.74) is 5.34. The van der Waals surface area contributed by atoms with E-state index in [1.165, 1.54) is 6.07 Å². The SMILES string of the molecule is NCc1ccc(N(CCO)C2CCCC2)cc1C(F)(F)F. The van der Waals surface area contributed by atoms with E-state index >= 15 is 0 Å². The van der Waals surface area contributed by atoms with Crippen molar-refractivity contribution in [2.24, 2.45) is 5.73 Å². The molecule has 21 heavy (non-hydrogen) atoms. The summed E-state index contributed by atoms with van der Waals surface area (Å²) in [7, 11) is 0. The zero-order valence-electron chi connectivity index (χ0n) is 11.9. The van der Waals surface area contributed by atoms with Crippen LogP contribution in [-0.2, 0) is 12.7 Å². The summed E-state index contributed by atoms with van der Waals surface area (Å²) in [6, 6.07) is 4.49. The molecule has 118 valence electrons. The minimum atomic E-state index is -4.41. The first-order chi connectivity index (χ1) is 9.97. The van der Waals surface area contributed by atoms with Crippen molar-refractivity contribution >= 4 is 5.69 Å². The maximum atomic E-state index is 13.1. The number of hydrogen-bond donors (Lipinski definition) is 2. The quantitative estimate of drug-likeness (QED) is 0.879. The normalized spacial score (nSPS) is 16.4. The molecule has 0 saturated heterocycles. The number of aliphatic hydroxyl groups is 1. The lowest BCUT2D eigenvalue weighted by atomic mass is 10.0. The van der Waals surface area contributed by atoms with E-state index in [1.54, 1.807) is 6.07 Å². The highest BCUT2D eigenvalue weighted by molar-refractivity contribution is 5.53. The molecular weight excluding hydrogens is 281 g/mol. The molecule has 6 heteroatoms. The fourth-order valence-corrected chi connectivity index (χ4v) is 3.03. The Kier molecular flexibility index (Phi) is 5.11. The molecule has 1 aromatic carbocycles. The van der Waals surface area contributed by atoms with Gasteiger partial charge in [-0.1, -0.05) is 18.9 Å². The minimum Gasteiger partial charge on any atom is -0.395 e. The van der Waals surface area contributed by atoms with Gasteiger partial charge in [0, 0.05) is 24.8 Å². The minimum absolute atomic E-state index is 0.0729. The summed E-state index contributed by atoms with van der Waals surface area (Å²) in [5, 5.41) is 9.20. The third kappa shape index (κ3) is 3.68. The topological polar surface area (TPSA) is 49.5 Å².